The van der Waals surface area contributed by atoms with E-state index in [9.17, 15) is 9.59 Å². The van der Waals surface area contributed by atoms with Crippen LogP contribution in [0.5, 0.6) is 5.75 Å². The van der Waals surface area contributed by atoms with E-state index in [0.717, 1.165) is 11.3 Å². The Morgan fingerprint density at radius 2 is 1.72 bits per heavy atom. The van der Waals surface area contributed by atoms with E-state index >= 15 is 0 Å². The maximum atomic E-state index is 12.2. The number of hydrogen-bond donors (Lipinski definition) is 0. The molecule has 1 aromatic carbocycles. The molecule has 2 aromatic heterocycles. The lowest BCUT2D eigenvalue weighted by Gasteiger charge is -2.07. The maximum absolute atomic E-state index is 12.2. The van der Waals surface area contributed by atoms with E-state index in [0.29, 0.717) is 40.8 Å². The van der Waals surface area contributed by atoms with Gasteiger partial charge in [-0.3, -0.25) is 0 Å². The van der Waals surface area contributed by atoms with Crippen molar-refractivity contribution in [3.05, 3.63) is 70.0 Å². The van der Waals surface area contributed by atoms with Gasteiger partial charge in [-0.15, -0.1) is 0 Å². The molecular weight excluding hydrogens is 378 g/mol. The van der Waals surface area contributed by atoms with Crippen molar-refractivity contribution in [1.29, 1.82) is 0 Å². The Hall–Kier alpha value is -3.55. The number of rotatable bonds is 7. The molecule has 152 valence electrons. The second-order valence-electron chi connectivity index (χ2n) is 6.37. The minimum Gasteiger partial charge on any atom is -0.489 e. The Bertz CT molecular complexity index is 995. The number of ether oxygens (including phenoxy) is 3. The van der Waals surface area contributed by atoms with E-state index in [2.05, 4.69) is 9.89 Å². The highest BCUT2D eigenvalue weighted by Crippen LogP contribution is 2.20. The molecule has 3 rings (SSSR count). The van der Waals surface area contributed by atoms with E-state index in [-0.39, 0.29) is 6.61 Å². The van der Waals surface area contributed by atoms with E-state index in [1.54, 1.807) is 31.2 Å². The first-order valence-electron chi connectivity index (χ1n) is 8.88. The number of carbonyl (C=O) groups is 2. The number of benzene rings is 1. The maximum Gasteiger partial charge on any atom is 0.341 e. The Morgan fingerprint density at radius 1 is 1.00 bits per heavy atom. The molecule has 0 aliphatic carbocycles. The van der Waals surface area contributed by atoms with E-state index in [1.165, 1.54) is 13.2 Å². The lowest BCUT2D eigenvalue weighted by molar-refractivity contribution is 0.0444. The minimum atomic E-state index is -0.518. The zero-order valence-corrected chi connectivity index (χ0v) is 16.6. The number of carbonyl (C=O) groups excluding carboxylic acids is 2. The van der Waals surface area contributed by atoms with Gasteiger partial charge in [0.2, 0.25) is 0 Å². The van der Waals surface area contributed by atoms with Crippen LogP contribution in [0.3, 0.4) is 0 Å². The molecule has 0 bridgehead atoms. The number of nitrogens with zero attached hydrogens (tertiary/aromatic N) is 1. The lowest BCUT2D eigenvalue weighted by atomic mass is 10.2. The van der Waals surface area contributed by atoms with Crippen molar-refractivity contribution in [3.8, 4) is 5.75 Å². The molecular formula is C21H21NO7. The molecule has 0 unspecified atom stereocenters. The van der Waals surface area contributed by atoms with Gasteiger partial charge in [-0.1, -0.05) is 5.16 Å². The highest BCUT2D eigenvalue weighted by atomic mass is 16.5. The van der Waals surface area contributed by atoms with Crippen LogP contribution >= 0.6 is 0 Å². The fraction of sp³-hybridized carbons (Fsp3) is 0.286. The summed E-state index contributed by atoms with van der Waals surface area (Å²) in [6, 6.07) is 8.08. The summed E-state index contributed by atoms with van der Waals surface area (Å²) in [6.07, 6.45) is 0. The summed E-state index contributed by atoms with van der Waals surface area (Å²) >= 11 is 0. The molecule has 0 N–H and O–H groups in total. The zero-order valence-electron chi connectivity index (χ0n) is 16.6. The fourth-order valence-electron chi connectivity index (χ4n) is 2.70. The van der Waals surface area contributed by atoms with Crippen LogP contribution in [0.25, 0.3) is 0 Å². The van der Waals surface area contributed by atoms with E-state index < -0.39 is 11.9 Å². The van der Waals surface area contributed by atoms with Gasteiger partial charge in [0.05, 0.1) is 23.9 Å². The highest BCUT2D eigenvalue weighted by Gasteiger charge is 2.17. The minimum absolute atomic E-state index is 0.0963. The summed E-state index contributed by atoms with van der Waals surface area (Å²) in [5.74, 6) is 1.06. The predicted octanol–water partition coefficient (Wildman–Crippen LogP) is 3.92. The lowest BCUT2D eigenvalue weighted by Crippen LogP contribution is -2.05. The second kappa shape index (κ2) is 8.64. The summed E-state index contributed by atoms with van der Waals surface area (Å²) < 4.78 is 26.1. The molecule has 0 radical (unpaired) electrons. The third-order valence-corrected chi connectivity index (χ3v) is 4.37. The van der Waals surface area contributed by atoms with Gasteiger partial charge >= 0.3 is 11.9 Å². The average Bonchev–Trinajstić information content (AvgIpc) is 3.26. The number of furan rings is 1. The molecule has 0 saturated heterocycles. The number of hydrogen-bond acceptors (Lipinski definition) is 8. The third kappa shape index (κ3) is 4.66. The van der Waals surface area contributed by atoms with Crippen molar-refractivity contribution < 1.29 is 32.7 Å². The van der Waals surface area contributed by atoms with Gasteiger partial charge < -0.3 is 23.2 Å². The molecule has 0 atom stereocenters. The SMILES string of the molecule is COC(=O)c1cc(COC(=O)c2ccc(OCc3c(C)noc3C)cc2)oc1C. The van der Waals surface area contributed by atoms with Crippen LogP contribution in [0.2, 0.25) is 0 Å². The molecule has 0 amide bonds. The molecule has 0 aliphatic heterocycles. The molecule has 2 heterocycles. The van der Waals surface area contributed by atoms with Crippen molar-refractivity contribution in [3.63, 3.8) is 0 Å². The Morgan fingerprint density at radius 3 is 2.34 bits per heavy atom. The molecule has 0 aliphatic rings. The molecule has 0 spiro atoms. The first-order valence-corrected chi connectivity index (χ1v) is 8.88. The largest absolute Gasteiger partial charge is 0.489 e. The van der Waals surface area contributed by atoms with Crippen molar-refractivity contribution >= 4 is 11.9 Å². The Balaban J connectivity index is 1.56. The third-order valence-electron chi connectivity index (χ3n) is 4.37. The van der Waals surface area contributed by atoms with Crippen LogP contribution < -0.4 is 4.74 Å². The van der Waals surface area contributed by atoms with E-state index in [1.807, 2.05) is 13.8 Å². The van der Waals surface area contributed by atoms with Crippen LogP contribution in [0.1, 0.15) is 49.3 Å². The molecule has 29 heavy (non-hydrogen) atoms. The normalized spacial score (nSPS) is 10.6. The molecule has 3 aromatic rings. The van der Waals surface area contributed by atoms with Gasteiger partial charge in [-0.2, -0.15) is 0 Å². The average molecular weight is 399 g/mol. The van der Waals surface area contributed by atoms with Gasteiger partial charge in [-0.25, -0.2) is 9.59 Å². The van der Waals surface area contributed by atoms with Gasteiger partial charge in [-0.05, 0) is 51.1 Å². The number of methoxy groups -OCH3 is 1. The quantitative estimate of drug-likeness (QED) is 0.551. The number of aryl methyl sites for hydroxylation is 3. The van der Waals surface area contributed by atoms with Gasteiger partial charge in [0.1, 0.15) is 41.8 Å². The monoisotopic (exact) mass is 399 g/mol. The van der Waals surface area contributed by atoms with Gasteiger partial charge in [0.25, 0.3) is 0 Å². The van der Waals surface area contributed by atoms with E-state index in [4.69, 9.17) is 18.4 Å². The number of esters is 2. The van der Waals surface area contributed by atoms with Crippen LogP contribution in [0.4, 0.5) is 0 Å². The second-order valence-corrected chi connectivity index (χ2v) is 6.37. The fourth-order valence-corrected chi connectivity index (χ4v) is 2.70. The molecule has 8 heteroatoms. The van der Waals surface area contributed by atoms with Crippen molar-refractivity contribution in [2.24, 2.45) is 0 Å². The Labute approximate surface area is 167 Å². The summed E-state index contributed by atoms with van der Waals surface area (Å²) in [5.41, 5.74) is 2.35. The topological polar surface area (TPSA) is 101 Å². The standard InChI is InChI=1S/C21H21NO7/c1-12-19(14(3)29-22-12)11-26-16-7-5-15(6-8-16)20(23)27-10-17-9-18(13(2)28-17)21(24)25-4/h5-9H,10-11H2,1-4H3. The summed E-state index contributed by atoms with van der Waals surface area (Å²) in [6.45, 7) is 5.54. The molecule has 0 saturated carbocycles. The Kier molecular flexibility index (Phi) is 6.01. The summed E-state index contributed by atoms with van der Waals surface area (Å²) in [5, 5.41) is 3.88. The van der Waals surface area contributed by atoms with Crippen molar-refractivity contribution in [2.75, 3.05) is 7.11 Å². The first-order chi connectivity index (χ1) is 13.9. The van der Waals surface area contributed by atoms with Gasteiger partial charge in [0, 0.05) is 0 Å². The predicted molar refractivity (Wildman–Crippen MR) is 101 cm³/mol. The summed E-state index contributed by atoms with van der Waals surface area (Å²) in [7, 11) is 1.29. The van der Waals surface area contributed by atoms with Crippen LogP contribution in [-0.2, 0) is 22.7 Å². The molecule has 0 fully saturated rings. The smallest absolute Gasteiger partial charge is 0.341 e. The number of aromatic nitrogens is 1. The van der Waals surface area contributed by atoms with Crippen molar-refractivity contribution in [1.82, 2.24) is 5.16 Å². The van der Waals surface area contributed by atoms with Crippen LogP contribution in [0.15, 0.2) is 39.3 Å². The van der Waals surface area contributed by atoms with Crippen LogP contribution in [-0.4, -0.2) is 24.2 Å². The first kappa shape index (κ1) is 20.2. The van der Waals surface area contributed by atoms with Crippen molar-refractivity contribution in [2.45, 2.75) is 34.0 Å². The summed E-state index contributed by atoms with van der Waals surface area (Å²) in [4.78, 5) is 23.8. The van der Waals surface area contributed by atoms with Crippen LogP contribution in [0, 0.1) is 20.8 Å². The zero-order chi connectivity index (χ0) is 21.0. The van der Waals surface area contributed by atoms with Gasteiger partial charge in [0.15, 0.2) is 0 Å². The highest BCUT2D eigenvalue weighted by molar-refractivity contribution is 5.91. The molecule has 8 nitrogen and oxygen atoms in total.